The van der Waals surface area contributed by atoms with Crippen LogP contribution in [0.15, 0.2) is 41.3 Å². The van der Waals surface area contributed by atoms with E-state index in [9.17, 15) is 8.42 Å². The van der Waals surface area contributed by atoms with E-state index < -0.39 is 10.0 Å². The van der Waals surface area contributed by atoms with Gasteiger partial charge in [0.15, 0.2) is 0 Å². The fourth-order valence-corrected chi connectivity index (χ4v) is 3.03. The zero-order chi connectivity index (χ0) is 14.2. The predicted octanol–water partition coefficient (Wildman–Crippen LogP) is 3.96. The molecule has 0 saturated heterocycles. The van der Waals surface area contributed by atoms with Crippen molar-refractivity contribution >= 4 is 44.8 Å². The second-order valence-electron chi connectivity index (χ2n) is 3.79. The highest BCUT2D eigenvalue weighted by atomic mass is 35.5. The fourth-order valence-electron chi connectivity index (χ4n) is 1.66. The van der Waals surface area contributed by atoms with E-state index in [1.165, 1.54) is 12.1 Å². The molecule has 2 N–H and O–H groups in total. The third-order valence-corrected chi connectivity index (χ3v) is 4.51. The molecule has 2 aromatic carbocycles. The van der Waals surface area contributed by atoms with Gasteiger partial charge in [-0.25, -0.2) is 13.6 Å². The molecule has 0 heterocycles. The summed E-state index contributed by atoms with van der Waals surface area (Å²) >= 11 is 17.8. The maximum Gasteiger partial charge on any atom is 0.238 e. The summed E-state index contributed by atoms with van der Waals surface area (Å²) in [6, 6.07) is 9.27. The zero-order valence-electron chi connectivity index (χ0n) is 9.40. The molecule has 19 heavy (non-hydrogen) atoms. The first-order chi connectivity index (χ1) is 8.80. The van der Waals surface area contributed by atoms with Crippen LogP contribution in [0.3, 0.4) is 0 Å². The summed E-state index contributed by atoms with van der Waals surface area (Å²) in [4.78, 5) is -0.0794. The highest BCUT2D eigenvalue weighted by molar-refractivity contribution is 7.89. The van der Waals surface area contributed by atoms with Gasteiger partial charge in [0.2, 0.25) is 10.0 Å². The van der Waals surface area contributed by atoms with Crippen LogP contribution in [0.2, 0.25) is 15.1 Å². The maximum atomic E-state index is 11.6. The van der Waals surface area contributed by atoms with Crippen LogP contribution < -0.4 is 5.14 Å². The van der Waals surface area contributed by atoms with E-state index >= 15 is 0 Å². The standard InChI is InChI=1S/C12H8Cl3NO2S/c13-8-3-1-7(2-4-8)11-10(19(16,17)18)6-5-9(14)12(11)15/h1-6H,(H2,16,17,18). The third kappa shape index (κ3) is 3.04. The van der Waals surface area contributed by atoms with E-state index in [2.05, 4.69) is 0 Å². The molecule has 0 unspecified atom stereocenters. The first-order valence-corrected chi connectivity index (χ1v) is 7.75. The lowest BCUT2D eigenvalue weighted by Gasteiger charge is -2.11. The van der Waals surface area contributed by atoms with Crippen LogP contribution in [0, 0.1) is 0 Å². The molecule has 3 nitrogen and oxygen atoms in total. The van der Waals surface area contributed by atoms with Gasteiger partial charge < -0.3 is 0 Å². The van der Waals surface area contributed by atoms with Gasteiger partial charge in [-0.15, -0.1) is 0 Å². The van der Waals surface area contributed by atoms with Gasteiger partial charge in [0, 0.05) is 10.6 Å². The predicted molar refractivity (Wildman–Crippen MR) is 78.3 cm³/mol. The van der Waals surface area contributed by atoms with Crippen molar-refractivity contribution in [1.29, 1.82) is 0 Å². The minimum absolute atomic E-state index is 0.0794. The second kappa shape index (κ2) is 5.31. The largest absolute Gasteiger partial charge is 0.238 e. The average molecular weight is 337 g/mol. The van der Waals surface area contributed by atoms with E-state index in [-0.39, 0.29) is 20.5 Å². The Balaban J connectivity index is 2.80. The molecule has 2 rings (SSSR count). The summed E-state index contributed by atoms with van der Waals surface area (Å²) in [5.74, 6) is 0. The average Bonchev–Trinajstić information content (AvgIpc) is 2.32. The van der Waals surface area contributed by atoms with E-state index in [4.69, 9.17) is 39.9 Å². The first kappa shape index (κ1) is 14.6. The SMILES string of the molecule is NS(=O)(=O)c1ccc(Cl)c(Cl)c1-c1ccc(Cl)cc1. The fraction of sp³-hybridized carbons (Fsp3) is 0. The van der Waals surface area contributed by atoms with E-state index in [0.29, 0.717) is 10.6 Å². The van der Waals surface area contributed by atoms with Crippen LogP contribution >= 0.6 is 34.8 Å². The zero-order valence-corrected chi connectivity index (χ0v) is 12.5. The maximum absolute atomic E-state index is 11.6. The van der Waals surface area contributed by atoms with Crippen LogP contribution in [-0.2, 0) is 10.0 Å². The monoisotopic (exact) mass is 335 g/mol. The van der Waals surface area contributed by atoms with Crippen molar-refractivity contribution in [3.8, 4) is 11.1 Å². The quantitative estimate of drug-likeness (QED) is 0.902. The summed E-state index contributed by atoms with van der Waals surface area (Å²) in [6.07, 6.45) is 0. The number of benzene rings is 2. The van der Waals surface area contributed by atoms with Crippen molar-refractivity contribution in [2.45, 2.75) is 4.90 Å². The lowest BCUT2D eigenvalue weighted by atomic mass is 10.1. The lowest BCUT2D eigenvalue weighted by Crippen LogP contribution is -2.13. The van der Waals surface area contributed by atoms with E-state index in [1.807, 2.05) is 0 Å². The van der Waals surface area contributed by atoms with E-state index in [0.717, 1.165) is 0 Å². The molecule has 0 fully saturated rings. The smallest absolute Gasteiger partial charge is 0.225 e. The molecular weight excluding hydrogens is 329 g/mol. The highest BCUT2D eigenvalue weighted by Gasteiger charge is 2.20. The van der Waals surface area contributed by atoms with Crippen LogP contribution in [0.1, 0.15) is 0 Å². The number of hydrogen-bond donors (Lipinski definition) is 1. The minimum Gasteiger partial charge on any atom is -0.225 e. The second-order valence-corrected chi connectivity index (χ2v) is 6.54. The molecule has 0 atom stereocenters. The van der Waals surface area contributed by atoms with Crippen molar-refractivity contribution in [1.82, 2.24) is 0 Å². The molecule has 0 saturated carbocycles. The third-order valence-electron chi connectivity index (χ3n) is 2.50. The highest BCUT2D eigenvalue weighted by Crippen LogP contribution is 2.38. The molecule has 7 heteroatoms. The van der Waals surface area contributed by atoms with Crippen molar-refractivity contribution in [3.05, 3.63) is 51.5 Å². The van der Waals surface area contributed by atoms with Gasteiger partial charge in [-0.1, -0.05) is 46.9 Å². The molecule has 0 aliphatic rings. The first-order valence-electron chi connectivity index (χ1n) is 5.07. The molecule has 0 aliphatic heterocycles. The van der Waals surface area contributed by atoms with Crippen molar-refractivity contribution in [2.75, 3.05) is 0 Å². The summed E-state index contributed by atoms with van der Waals surface area (Å²) in [7, 11) is -3.91. The number of halogens is 3. The Morgan fingerprint density at radius 3 is 2.00 bits per heavy atom. The molecule has 2 aromatic rings. The van der Waals surface area contributed by atoms with Crippen molar-refractivity contribution < 1.29 is 8.42 Å². The number of rotatable bonds is 2. The van der Waals surface area contributed by atoms with Gasteiger partial charge >= 0.3 is 0 Å². The Hall–Kier alpha value is -0.780. The Bertz CT molecular complexity index is 727. The number of hydrogen-bond acceptors (Lipinski definition) is 2. The number of sulfonamides is 1. The van der Waals surface area contributed by atoms with Gasteiger partial charge in [-0.3, -0.25) is 0 Å². The van der Waals surface area contributed by atoms with Crippen LogP contribution in [0.25, 0.3) is 11.1 Å². The Labute approximate surface area is 125 Å². The molecule has 0 spiro atoms. The van der Waals surface area contributed by atoms with Crippen LogP contribution in [0.4, 0.5) is 0 Å². The summed E-state index contributed by atoms with van der Waals surface area (Å²) in [5.41, 5.74) is 0.842. The molecular formula is C12H8Cl3NO2S. The summed E-state index contributed by atoms with van der Waals surface area (Å²) < 4.78 is 23.2. The molecule has 100 valence electrons. The molecule has 0 aromatic heterocycles. The van der Waals surface area contributed by atoms with Crippen molar-refractivity contribution in [3.63, 3.8) is 0 Å². The van der Waals surface area contributed by atoms with E-state index in [1.54, 1.807) is 24.3 Å². The Morgan fingerprint density at radius 1 is 0.895 bits per heavy atom. The molecule has 0 amide bonds. The Kier molecular flexibility index (Phi) is 4.08. The van der Waals surface area contributed by atoms with Gasteiger partial charge in [-0.05, 0) is 29.8 Å². The lowest BCUT2D eigenvalue weighted by molar-refractivity contribution is 0.598. The minimum atomic E-state index is -3.91. The summed E-state index contributed by atoms with van der Waals surface area (Å²) in [5, 5.41) is 6.10. The van der Waals surface area contributed by atoms with Gasteiger partial charge in [-0.2, -0.15) is 0 Å². The number of primary sulfonamides is 1. The summed E-state index contributed by atoms with van der Waals surface area (Å²) in [6.45, 7) is 0. The normalized spacial score (nSPS) is 11.6. The molecule has 0 aliphatic carbocycles. The van der Waals surface area contributed by atoms with Crippen LogP contribution in [0.5, 0.6) is 0 Å². The topological polar surface area (TPSA) is 60.2 Å². The van der Waals surface area contributed by atoms with Crippen LogP contribution in [-0.4, -0.2) is 8.42 Å². The van der Waals surface area contributed by atoms with Gasteiger partial charge in [0.1, 0.15) is 0 Å². The van der Waals surface area contributed by atoms with Crippen molar-refractivity contribution in [2.24, 2.45) is 5.14 Å². The van der Waals surface area contributed by atoms with Gasteiger partial charge in [0.25, 0.3) is 0 Å². The number of nitrogens with two attached hydrogens (primary N) is 1. The molecule has 0 bridgehead atoms. The van der Waals surface area contributed by atoms with Gasteiger partial charge in [0.05, 0.1) is 14.9 Å². The molecule has 0 radical (unpaired) electrons. The Morgan fingerprint density at radius 2 is 1.47 bits per heavy atom.